The van der Waals surface area contributed by atoms with Crippen LogP contribution in [-0.4, -0.2) is 12.3 Å². The minimum atomic E-state index is 0.441. The minimum absolute atomic E-state index is 0.441. The zero-order valence-electron chi connectivity index (χ0n) is 13.0. The van der Waals surface area contributed by atoms with Crippen LogP contribution in [0.4, 0.5) is 0 Å². The molecule has 2 rings (SSSR count). The maximum absolute atomic E-state index is 3.61. The summed E-state index contributed by atoms with van der Waals surface area (Å²) in [6.45, 7) is 5.38. The van der Waals surface area contributed by atoms with Crippen molar-refractivity contribution in [2.24, 2.45) is 0 Å². The fraction of sp³-hybridized carbons (Fsp3) is 0.368. The number of hydrogen-bond acceptors (Lipinski definition) is 2. The molecule has 1 N–H and O–H groups in total. The molecule has 0 saturated heterocycles. The molecule has 1 atom stereocenters. The molecule has 0 aromatic heterocycles. The van der Waals surface area contributed by atoms with Crippen molar-refractivity contribution < 1.29 is 0 Å². The first-order valence-corrected chi connectivity index (χ1v) is 8.82. The van der Waals surface area contributed by atoms with E-state index in [1.807, 2.05) is 11.8 Å². The molecule has 0 spiro atoms. The van der Waals surface area contributed by atoms with Crippen molar-refractivity contribution in [2.45, 2.75) is 37.6 Å². The van der Waals surface area contributed by atoms with Crippen molar-refractivity contribution in [3.63, 3.8) is 0 Å². The second-order valence-electron chi connectivity index (χ2n) is 5.14. The van der Waals surface area contributed by atoms with Crippen LogP contribution in [0, 0.1) is 0 Å². The Hall–Kier alpha value is -1.25. The highest BCUT2D eigenvalue weighted by molar-refractivity contribution is 7.99. The molecule has 1 nitrogen and oxygen atoms in total. The molecule has 2 aromatic carbocycles. The number of rotatable bonds is 8. The predicted octanol–water partition coefficient (Wildman–Crippen LogP) is 5.08. The maximum Gasteiger partial charge on any atom is 0.0323 e. The zero-order valence-corrected chi connectivity index (χ0v) is 13.8. The summed E-state index contributed by atoms with van der Waals surface area (Å²) in [7, 11) is 0. The molecule has 0 aliphatic rings. The standard InChI is InChI=1S/C19H25NS/c1-3-20-19(15-10-16-8-6-5-7-9-16)17-11-13-18(14-12-17)21-4-2/h5-9,11-14,19-20H,3-4,10,15H2,1-2H3. The van der Waals surface area contributed by atoms with Crippen molar-refractivity contribution in [3.8, 4) is 0 Å². The summed E-state index contributed by atoms with van der Waals surface area (Å²) >= 11 is 1.90. The Balaban J connectivity index is 2.00. The van der Waals surface area contributed by atoms with E-state index in [4.69, 9.17) is 0 Å². The third kappa shape index (κ3) is 5.22. The van der Waals surface area contributed by atoms with Gasteiger partial charge in [-0.3, -0.25) is 0 Å². The lowest BCUT2D eigenvalue weighted by Gasteiger charge is -2.19. The molecule has 2 heteroatoms. The highest BCUT2D eigenvalue weighted by Gasteiger charge is 2.10. The van der Waals surface area contributed by atoms with Gasteiger partial charge in [0.1, 0.15) is 0 Å². The zero-order chi connectivity index (χ0) is 14.9. The summed E-state index contributed by atoms with van der Waals surface area (Å²) in [6.07, 6.45) is 2.25. The topological polar surface area (TPSA) is 12.0 Å². The molecule has 0 heterocycles. The van der Waals surface area contributed by atoms with Crippen LogP contribution in [0.1, 0.15) is 37.4 Å². The van der Waals surface area contributed by atoms with Gasteiger partial charge in [0, 0.05) is 10.9 Å². The first-order chi connectivity index (χ1) is 10.3. The van der Waals surface area contributed by atoms with E-state index in [0.717, 1.165) is 25.1 Å². The molecular formula is C19H25NS. The van der Waals surface area contributed by atoms with Gasteiger partial charge in [0.05, 0.1) is 0 Å². The molecule has 0 bridgehead atoms. The van der Waals surface area contributed by atoms with Gasteiger partial charge >= 0.3 is 0 Å². The van der Waals surface area contributed by atoms with Crippen LogP contribution in [-0.2, 0) is 6.42 Å². The Morgan fingerprint density at radius 2 is 1.67 bits per heavy atom. The third-order valence-electron chi connectivity index (χ3n) is 3.61. The Kier molecular flexibility index (Phi) is 6.84. The van der Waals surface area contributed by atoms with Crippen LogP contribution in [0.5, 0.6) is 0 Å². The van der Waals surface area contributed by atoms with Gasteiger partial charge < -0.3 is 5.32 Å². The third-order valence-corrected chi connectivity index (χ3v) is 4.50. The summed E-state index contributed by atoms with van der Waals surface area (Å²) in [5, 5.41) is 3.61. The maximum atomic E-state index is 3.61. The fourth-order valence-corrected chi connectivity index (χ4v) is 3.21. The highest BCUT2D eigenvalue weighted by Crippen LogP contribution is 2.23. The van der Waals surface area contributed by atoms with Crippen molar-refractivity contribution in [3.05, 3.63) is 65.7 Å². The number of aryl methyl sites for hydroxylation is 1. The van der Waals surface area contributed by atoms with Gasteiger partial charge in [0.25, 0.3) is 0 Å². The van der Waals surface area contributed by atoms with Crippen LogP contribution in [0.15, 0.2) is 59.5 Å². The van der Waals surface area contributed by atoms with Crippen LogP contribution < -0.4 is 5.32 Å². The van der Waals surface area contributed by atoms with Gasteiger partial charge in [0.2, 0.25) is 0 Å². The quantitative estimate of drug-likeness (QED) is 0.682. The summed E-state index contributed by atoms with van der Waals surface area (Å²) in [5.74, 6) is 1.13. The van der Waals surface area contributed by atoms with E-state index in [9.17, 15) is 0 Å². The van der Waals surface area contributed by atoms with Gasteiger partial charge in [0.15, 0.2) is 0 Å². The monoisotopic (exact) mass is 299 g/mol. The molecule has 0 fully saturated rings. The van der Waals surface area contributed by atoms with Gasteiger partial charge in [-0.05, 0) is 48.4 Å². The molecule has 112 valence electrons. The first-order valence-electron chi connectivity index (χ1n) is 7.83. The highest BCUT2D eigenvalue weighted by atomic mass is 32.2. The molecule has 0 saturated carbocycles. The van der Waals surface area contributed by atoms with Crippen LogP contribution in [0.3, 0.4) is 0 Å². The summed E-state index contributed by atoms with van der Waals surface area (Å²) < 4.78 is 0. The lowest BCUT2D eigenvalue weighted by molar-refractivity contribution is 0.515. The molecule has 2 aromatic rings. The van der Waals surface area contributed by atoms with Gasteiger partial charge in [-0.15, -0.1) is 11.8 Å². The van der Waals surface area contributed by atoms with E-state index in [2.05, 4.69) is 73.8 Å². The minimum Gasteiger partial charge on any atom is -0.310 e. The predicted molar refractivity (Wildman–Crippen MR) is 94.0 cm³/mol. The molecule has 21 heavy (non-hydrogen) atoms. The van der Waals surface area contributed by atoms with Crippen LogP contribution in [0.25, 0.3) is 0 Å². The molecule has 0 amide bonds. The lowest BCUT2D eigenvalue weighted by Crippen LogP contribution is -2.21. The summed E-state index contributed by atoms with van der Waals surface area (Å²) in [4.78, 5) is 1.36. The molecule has 0 radical (unpaired) electrons. The first kappa shape index (κ1) is 16.1. The summed E-state index contributed by atoms with van der Waals surface area (Å²) in [6, 6.07) is 20.2. The second-order valence-corrected chi connectivity index (χ2v) is 6.47. The average molecular weight is 299 g/mol. The van der Waals surface area contributed by atoms with E-state index in [1.54, 1.807) is 0 Å². The van der Waals surface area contributed by atoms with E-state index in [0.29, 0.717) is 6.04 Å². The number of nitrogens with one attached hydrogen (secondary N) is 1. The Morgan fingerprint density at radius 1 is 0.952 bits per heavy atom. The molecule has 0 aliphatic heterocycles. The van der Waals surface area contributed by atoms with Gasteiger partial charge in [-0.1, -0.05) is 56.3 Å². The molecule has 1 unspecified atom stereocenters. The van der Waals surface area contributed by atoms with Crippen molar-refractivity contribution in [1.29, 1.82) is 0 Å². The van der Waals surface area contributed by atoms with E-state index in [1.165, 1.54) is 16.0 Å². The number of thioether (sulfide) groups is 1. The average Bonchev–Trinajstić information content (AvgIpc) is 2.54. The number of hydrogen-bond donors (Lipinski definition) is 1. The molecular weight excluding hydrogens is 274 g/mol. The second kappa shape index (κ2) is 8.91. The Morgan fingerprint density at radius 3 is 2.29 bits per heavy atom. The SMILES string of the molecule is CCNC(CCc1ccccc1)c1ccc(SCC)cc1. The van der Waals surface area contributed by atoms with E-state index in [-0.39, 0.29) is 0 Å². The fourth-order valence-electron chi connectivity index (χ4n) is 2.55. The smallest absolute Gasteiger partial charge is 0.0323 e. The van der Waals surface area contributed by atoms with E-state index >= 15 is 0 Å². The Labute approximate surface area is 133 Å². The van der Waals surface area contributed by atoms with Crippen molar-refractivity contribution in [1.82, 2.24) is 5.32 Å². The van der Waals surface area contributed by atoms with E-state index < -0.39 is 0 Å². The van der Waals surface area contributed by atoms with Gasteiger partial charge in [-0.2, -0.15) is 0 Å². The Bertz CT molecular complexity index is 507. The summed E-state index contributed by atoms with van der Waals surface area (Å²) in [5.41, 5.74) is 2.81. The van der Waals surface area contributed by atoms with Gasteiger partial charge in [-0.25, -0.2) is 0 Å². The lowest BCUT2D eigenvalue weighted by atomic mass is 9.99. The van der Waals surface area contributed by atoms with Crippen LogP contribution in [0.2, 0.25) is 0 Å². The van der Waals surface area contributed by atoms with Crippen molar-refractivity contribution in [2.75, 3.05) is 12.3 Å². The molecule has 0 aliphatic carbocycles. The van der Waals surface area contributed by atoms with Crippen molar-refractivity contribution >= 4 is 11.8 Å². The largest absolute Gasteiger partial charge is 0.310 e. The number of benzene rings is 2. The normalized spacial score (nSPS) is 12.3. The van der Waals surface area contributed by atoms with Crippen LogP contribution >= 0.6 is 11.8 Å².